The van der Waals surface area contributed by atoms with Gasteiger partial charge < -0.3 is 20.1 Å². The lowest BCUT2D eigenvalue weighted by Crippen LogP contribution is -2.34. The molecule has 120 valence electrons. The highest BCUT2D eigenvalue weighted by molar-refractivity contribution is 7.80. The van der Waals surface area contributed by atoms with Gasteiger partial charge in [0.05, 0.1) is 5.02 Å². The number of halogens is 2. The first kappa shape index (κ1) is 15.8. The fraction of sp³-hybridized carbons (Fsp3) is 0.188. The van der Waals surface area contributed by atoms with Crippen LogP contribution in [0.25, 0.3) is 0 Å². The molecular weight excluding hydrogens is 339 g/mol. The number of thiocarbonyl (C=S) groups is 1. The minimum absolute atomic E-state index is 0.100. The van der Waals surface area contributed by atoms with Crippen LogP contribution >= 0.6 is 23.8 Å². The predicted molar refractivity (Wildman–Crippen MR) is 90.3 cm³/mol. The molecule has 0 saturated heterocycles. The second kappa shape index (κ2) is 7.02. The molecule has 0 bridgehead atoms. The standard InChI is InChI=1S/C16H14ClFN2O2S/c17-12-5-10(1-3-13(12)18)7-19-16(23)20-8-11-2-4-14-15(6-11)22-9-21-14/h1-6H,7-9H2,(H2,19,20,23). The van der Waals surface area contributed by atoms with Crippen LogP contribution in [0.3, 0.4) is 0 Å². The maximum atomic E-state index is 13.1. The van der Waals surface area contributed by atoms with Gasteiger partial charge in [0.15, 0.2) is 16.6 Å². The van der Waals surface area contributed by atoms with Crippen molar-refractivity contribution in [3.05, 3.63) is 58.4 Å². The molecular formula is C16H14ClFN2O2S. The van der Waals surface area contributed by atoms with Crippen molar-refractivity contribution in [2.45, 2.75) is 13.1 Å². The molecule has 0 unspecified atom stereocenters. The van der Waals surface area contributed by atoms with Crippen molar-refractivity contribution in [2.24, 2.45) is 0 Å². The fourth-order valence-electron chi connectivity index (χ4n) is 2.13. The van der Waals surface area contributed by atoms with E-state index >= 15 is 0 Å². The Hall–Kier alpha value is -2.05. The van der Waals surface area contributed by atoms with Crippen LogP contribution in [0.15, 0.2) is 36.4 Å². The normalized spacial score (nSPS) is 12.1. The van der Waals surface area contributed by atoms with Gasteiger partial charge in [-0.3, -0.25) is 0 Å². The third-order valence-corrected chi connectivity index (χ3v) is 3.91. The lowest BCUT2D eigenvalue weighted by atomic mass is 10.2. The number of benzene rings is 2. The van der Waals surface area contributed by atoms with Crippen LogP contribution in [0.5, 0.6) is 11.5 Å². The SMILES string of the molecule is Fc1ccc(CNC(=S)NCc2ccc3c(c2)OCO3)cc1Cl. The van der Waals surface area contributed by atoms with Gasteiger partial charge in [0.2, 0.25) is 6.79 Å². The van der Waals surface area contributed by atoms with E-state index in [-0.39, 0.29) is 11.8 Å². The summed E-state index contributed by atoms with van der Waals surface area (Å²) in [5.41, 5.74) is 1.88. The molecule has 1 aliphatic heterocycles. The number of nitrogens with one attached hydrogen (secondary N) is 2. The maximum absolute atomic E-state index is 13.1. The van der Waals surface area contributed by atoms with Crippen molar-refractivity contribution in [3.8, 4) is 11.5 Å². The summed E-state index contributed by atoms with van der Waals surface area (Å²) in [5.74, 6) is 1.06. The van der Waals surface area contributed by atoms with E-state index in [1.807, 2.05) is 18.2 Å². The molecule has 0 aromatic heterocycles. The molecule has 3 rings (SSSR count). The lowest BCUT2D eigenvalue weighted by molar-refractivity contribution is 0.174. The molecule has 1 aliphatic rings. The molecule has 0 aliphatic carbocycles. The Labute approximate surface area is 143 Å². The van der Waals surface area contributed by atoms with Gasteiger partial charge in [-0.15, -0.1) is 0 Å². The Balaban J connectivity index is 1.48. The van der Waals surface area contributed by atoms with Gasteiger partial charge in [-0.05, 0) is 47.6 Å². The molecule has 0 atom stereocenters. The highest BCUT2D eigenvalue weighted by atomic mass is 35.5. The van der Waals surface area contributed by atoms with Gasteiger partial charge >= 0.3 is 0 Å². The van der Waals surface area contributed by atoms with E-state index in [1.54, 1.807) is 12.1 Å². The largest absolute Gasteiger partial charge is 0.454 e. The number of hydrogen-bond donors (Lipinski definition) is 2. The van der Waals surface area contributed by atoms with Crippen molar-refractivity contribution < 1.29 is 13.9 Å². The topological polar surface area (TPSA) is 42.5 Å². The first-order valence-corrected chi connectivity index (χ1v) is 7.74. The van der Waals surface area contributed by atoms with E-state index in [0.717, 1.165) is 22.6 Å². The summed E-state index contributed by atoms with van der Waals surface area (Å²) >= 11 is 11.0. The van der Waals surface area contributed by atoms with Crippen LogP contribution in [-0.2, 0) is 13.1 Å². The summed E-state index contributed by atoms with van der Waals surface area (Å²) in [5, 5.41) is 6.76. The van der Waals surface area contributed by atoms with E-state index in [9.17, 15) is 4.39 Å². The summed E-state index contributed by atoms with van der Waals surface area (Å²) in [6, 6.07) is 10.3. The quantitative estimate of drug-likeness (QED) is 0.826. The Morgan fingerprint density at radius 1 is 1.04 bits per heavy atom. The smallest absolute Gasteiger partial charge is 0.231 e. The summed E-state index contributed by atoms with van der Waals surface area (Å²) in [7, 11) is 0. The highest BCUT2D eigenvalue weighted by Crippen LogP contribution is 2.32. The van der Waals surface area contributed by atoms with Crippen LogP contribution in [0.1, 0.15) is 11.1 Å². The van der Waals surface area contributed by atoms with E-state index in [4.69, 9.17) is 33.3 Å². The molecule has 0 radical (unpaired) electrons. The van der Waals surface area contributed by atoms with Crippen LogP contribution in [0, 0.1) is 5.82 Å². The average Bonchev–Trinajstić information content (AvgIpc) is 3.01. The van der Waals surface area contributed by atoms with Crippen molar-refractivity contribution in [2.75, 3.05) is 6.79 Å². The van der Waals surface area contributed by atoms with Crippen LogP contribution in [0.2, 0.25) is 5.02 Å². The third-order valence-electron chi connectivity index (χ3n) is 3.33. The molecule has 2 aromatic rings. The zero-order chi connectivity index (χ0) is 16.2. The lowest BCUT2D eigenvalue weighted by Gasteiger charge is -2.11. The molecule has 1 heterocycles. The second-order valence-electron chi connectivity index (χ2n) is 4.97. The Morgan fingerprint density at radius 2 is 1.70 bits per heavy atom. The predicted octanol–water partition coefficient (Wildman–Crippen LogP) is 3.37. The zero-order valence-electron chi connectivity index (χ0n) is 12.1. The van der Waals surface area contributed by atoms with Crippen molar-refractivity contribution in [3.63, 3.8) is 0 Å². The molecule has 2 aromatic carbocycles. The van der Waals surface area contributed by atoms with Gasteiger partial charge in [-0.1, -0.05) is 23.7 Å². The molecule has 2 N–H and O–H groups in total. The van der Waals surface area contributed by atoms with Gasteiger partial charge in [0.25, 0.3) is 0 Å². The minimum Gasteiger partial charge on any atom is -0.454 e. The van der Waals surface area contributed by atoms with E-state index in [0.29, 0.717) is 18.2 Å². The molecule has 0 saturated carbocycles. The molecule has 7 heteroatoms. The Bertz CT molecular complexity index is 742. The average molecular weight is 353 g/mol. The van der Waals surface area contributed by atoms with E-state index in [1.165, 1.54) is 6.07 Å². The molecule has 0 spiro atoms. The number of hydrogen-bond acceptors (Lipinski definition) is 3. The first-order valence-electron chi connectivity index (χ1n) is 6.96. The summed E-state index contributed by atoms with van der Waals surface area (Å²) in [4.78, 5) is 0. The Morgan fingerprint density at radius 3 is 2.43 bits per heavy atom. The Kier molecular flexibility index (Phi) is 4.83. The van der Waals surface area contributed by atoms with Gasteiger partial charge in [0.1, 0.15) is 5.82 Å². The zero-order valence-corrected chi connectivity index (χ0v) is 13.6. The number of fused-ring (bicyclic) bond motifs is 1. The van der Waals surface area contributed by atoms with E-state index in [2.05, 4.69) is 10.6 Å². The first-order chi connectivity index (χ1) is 11.1. The maximum Gasteiger partial charge on any atom is 0.231 e. The second-order valence-corrected chi connectivity index (χ2v) is 5.79. The molecule has 0 amide bonds. The van der Waals surface area contributed by atoms with Gasteiger partial charge in [-0.25, -0.2) is 4.39 Å². The van der Waals surface area contributed by atoms with Crippen LogP contribution in [-0.4, -0.2) is 11.9 Å². The summed E-state index contributed by atoms with van der Waals surface area (Å²) < 4.78 is 23.7. The van der Waals surface area contributed by atoms with Crippen molar-refractivity contribution >= 4 is 28.9 Å². The monoisotopic (exact) mass is 352 g/mol. The number of ether oxygens (including phenoxy) is 2. The van der Waals surface area contributed by atoms with Crippen LogP contribution in [0.4, 0.5) is 4.39 Å². The van der Waals surface area contributed by atoms with Crippen molar-refractivity contribution in [1.29, 1.82) is 0 Å². The fourth-order valence-corrected chi connectivity index (χ4v) is 2.48. The summed E-state index contributed by atoms with van der Waals surface area (Å²) in [6.45, 7) is 1.28. The van der Waals surface area contributed by atoms with Gasteiger partial charge in [0, 0.05) is 13.1 Å². The third kappa shape index (κ3) is 4.03. The molecule has 4 nitrogen and oxygen atoms in total. The molecule has 0 fully saturated rings. The molecule has 23 heavy (non-hydrogen) atoms. The highest BCUT2D eigenvalue weighted by Gasteiger charge is 2.13. The minimum atomic E-state index is -0.432. The summed E-state index contributed by atoms with van der Waals surface area (Å²) in [6.07, 6.45) is 0. The van der Waals surface area contributed by atoms with E-state index < -0.39 is 5.82 Å². The number of rotatable bonds is 4. The van der Waals surface area contributed by atoms with Gasteiger partial charge in [-0.2, -0.15) is 0 Å². The van der Waals surface area contributed by atoms with Crippen LogP contribution < -0.4 is 20.1 Å². The van der Waals surface area contributed by atoms with Crippen molar-refractivity contribution in [1.82, 2.24) is 10.6 Å².